The summed E-state index contributed by atoms with van der Waals surface area (Å²) in [5.41, 5.74) is 6.20. The van der Waals surface area contributed by atoms with E-state index in [2.05, 4.69) is 20.0 Å². The van der Waals surface area contributed by atoms with Gasteiger partial charge < -0.3 is 19.7 Å². The molecule has 0 atom stereocenters. The number of anilines is 1. The molecule has 0 aromatic carbocycles. The molecule has 1 aliphatic heterocycles. The molecule has 0 spiro atoms. The maximum absolute atomic E-state index is 5.50. The van der Waals surface area contributed by atoms with Crippen LogP contribution in [0.5, 0.6) is 0 Å². The van der Waals surface area contributed by atoms with Crippen molar-refractivity contribution in [1.29, 1.82) is 0 Å². The van der Waals surface area contributed by atoms with Gasteiger partial charge in [-0.25, -0.2) is 4.98 Å². The highest BCUT2D eigenvalue weighted by Crippen LogP contribution is 2.21. The summed E-state index contributed by atoms with van der Waals surface area (Å²) >= 11 is 0. The van der Waals surface area contributed by atoms with Crippen LogP contribution in [0.1, 0.15) is 19.3 Å². The van der Waals surface area contributed by atoms with Gasteiger partial charge in [-0.05, 0) is 24.4 Å². The van der Waals surface area contributed by atoms with E-state index in [9.17, 15) is 0 Å². The largest absolute Gasteiger partial charge is 0.338 e. The number of nitrogens with two attached hydrogens (primary N) is 1. The molecule has 7 heteroatoms. The molecule has 1 aliphatic rings. The Morgan fingerprint density at radius 1 is 1.26 bits per heavy atom. The molecule has 3 rings (SSSR count). The minimum atomic E-state index is 0.469. The number of imidazole rings is 1. The molecule has 7 nitrogen and oxygen atoms in total. The third-order valence-corrected chi connectivity index (χ3v) is 3.29. The maximum Gasteiger partial charge on any atom is 0.279 e. The number of hydrogen-bond acceptors (Lipinski definition) is 6. The van der Waals surface area contributed by atoms with Crippen LogP contribution in [-0.4, -0.2) is 39.3 Å². The van der Waals surface area contributed by atoms with Gasteiger partial charge in [-0.1, -0.05) is 0 Å². The fourth-order valence-corrected chi connectivity index (χ4v) is 2.28. The van der Waals surface area contributed by atoms with E-state index in [-0.39, 0.29) is 0 Å². The van der Waals surface area contributed by atoms with Gasteiger partial charge in [-0.15, -0.1) is 0 Å². The highest BCUT2D eigenvalue weighted by Gasteiger charge is 2.18. The highest BCUT2D eigenvalue weighted by molar-refractivity contribution is 5.47. The molecule has 2 N–H and O–H groups in total. The molecular formula is C12H18N6O. The quantitative estimate of drug-likeness (QED) is 0.880. The number of hydrogen-bond donors (Lipinski definition) is 1. The van der Waals surface area contributed by atoms with E-state index in [0.29, 0.717) is 24.1 Å². The molecule has 0 unspecified atom stereocenters. The Labute approximate surface area is 111 Å². The van der Waals surface area contributed by atoms with Crippen molar-refractivity contribution in [2.24, 2.45) is 5.73 Å². The molecule has 0 bridgehead atoms. The van der Waals surface area contributed by atoms with Gasteiger partial charge in [-0.2, -0.15) is 4.98 Å². The number of nitrogens with zero attached hydrogens (tertiary/aromatic N) is 5. The van der Waals surface area contributed by atoms with Crippen LogP contribution in [0, 0.1) is 0 Å². The zero-order valence-electron chi connectivity index (χ0n) is 10.8. The summed E-state index contributed by atoms with van der Waals surface area (Å²) in [5.74, 6) is 1.14. The number of aromatic nitrogens is 4. The third-order valence-electron chi connectivity index (χ3n) is 3.29. The van der Waals surface area contributed by atoms with Gasteiger partial charge in [0.25, 0.3) is 11.8 Å². The predicted molar refractivity (Wildman–Crippen MR) is 70.6 cm³/mol. The minimum Gasteiger partial charge on any atom is -0.338 e. The first kappa shape index (κ1) is 12.2. The van der Waals surface area contributed by atoms with Crippen molar-refractivity contribution in [3.8, 4) is 11.6 Å². The van der Waals surface area contributed by atoms with Gasteiger partial charge in [0.2, 0.25) is 0 Å². The zero-order valence-corrected chi connectivity index (χ0v) is 10.8. The standard InChI is InChI=1S/C12H18N6O/c13-4-7-17-8-10(14-9-17)11-15-12(16-19-11)18-5-2-1-3-6-18/h8-9H,1-7,13H2. The third kappa shape index (κ3) is 2.60. The molecular weight excluding hydrogens is 244 g/mol. The first-order chi connectivity index (χ1) is 9.36. The van der Waals surface area contributed by atoms with Crippen LogP contribution >= 0.6 is 0 Å². The molecule has 1 saturated heterocycles. The molecule has 0 aliphatic carbocycles. The molecule has 1 fully saturated rings. The molecule has 0 amide bonds. The van der Waals surface area contributed by atoms with E-state index in [1.165, 1.54) is 19.3 Å². The van der Waals surface area contributed by atoms with E-state index >= 15 is 0 Å². The maximum atomic E-state index is 5.50. The first-order valence-electron chi connectivity index (χ1n) is 6.67. The monoisotopic (exact) mass is 262 g/mol. The van der Waals surface area contributed by atoms with E-state index in [1.54, 1.807) is 6.33 Å². The van der Waals surface area contributed by atoms with Crippen LogP contribution in [0.3, 0.4) is 0 Å². The van der Waals surface area contributed by atoms with Crippen molar-refractivity contribution < 1.29 is 4.52 Å². The van der Waals surface area contributed by atoms with E-state index < -0.39 is 0 Å². The van der Waals surface area contributed by atoms with Crippen molar-refractivity contribution in [2.45, 2.75) is 25.8 Å². The van der Waals surface area contributed by atoms with E-state index in [4.69, 9.17) is 10.3 Å². The first-order valence-corrected chi connectivity index (χ1v) is 6.67. The van der Waals surface area contributed by atoms with Crippen LogP contribution < -0.4 is 10.6 Å². The summed E-state index contributed by atoms with van der Waals surface area (Å²) in [5, 5.41) is 4.04. The van der Waals surface area contributed by atoms with Gasteiger partial charge in [-0.3, -0.25) is 0 Å². The Bertz CT molecular complexity index is 528. The average molecular weight is 262 g/mol. The van der Waals surface area contributed by atoms with Crippen molar-refractivity contribution in [2.75, 3.05) is 24.5 Å². The molecule has 2 aromatic rings. The Hall–Kier alpha value is -1.89. The Morgan fingerprint density at radius 3 is 2.89 bits per heavy atom. The van der Waals surface area contributed by atoms with Crippen LogP contribution in [0.15, 0.2) is 17.0 Å². The van der Waals surface area contributed by atoms with E-state index in [0.717, 1.165) is 19.6 Å². The van der Waals surface area contributed by atoms with Gasteiger partial charge in [0.15, 0.2) is 0 Å². The lowest BCUT2D eigenvalue weighted by Gasteiger charge is -2.24. The molecule has 2 aromatic heterocycles. The molecule has 102 valence electrons. The Kier molecular flexibility index (Phi) is 3.45. The van der Waals surface area contributed by atoms with E-state index in [1.807, 2.05) is 10.8 Å². The topological polar surface area (TPSA) is 86.0 Å². The highest BCUT2D eigenvalue weighted by atomic mass is 16.5. The lowest BCUT2D eigenvalue weighted by atomic mass is 10.1. The molecule has 0 radical (unpaired) electrons. The summed E-state index contributed by atoms with van der Waals surface area (Å²) in [4.78, 5) is 10.8. The van der Waals surface area contributed by atoms with Gasteiger partial charge >= 0.3 is 0 Å². The smallest absolute Gasteiger partial charge is 0.279 e. The summed E-state index contributed by atoms with van der Waals surface area (Å²) in [7, 11) is 0. The molecule has 19 heavy (non-hydrogen) atoms. The SMILES string of the molecule is NCCn1cnc(-c2nc(N3CCCCC3)no2)c1. The fourth-order valence-electron chi connectivity index (χ4n) is 2.28. The minimum absolute atomic E-state index is 0.469. The van der Waals surface area contributed by atoms with Gasteiger partial charge in [0, 0.05) is 32.4 Å². The fraction of sp³-hybridized carbons (Fsp3) is 0.583. The average Bonchev–Trinajstić information content (AvgIpc) is 3.08. The second-order valence-electron chi connectivity index (χ2n) is 4.73. The zero-order chi connectivity index (χ0) is 13.1. The molecule has 3 heterocycles. The number of piperidine rings is 1. The van der Waals surface area contributed by atoms with Crippen molar-refractivity contribution in [3.05, 3.63) is 12.5 Å². The van der Waals surface area contributed by atoms with Crippen LogP contribution in [0.4, 0.5) is 5.95 Å². The lowest BCUT2D eigenvalue weighted by molar-refractivity contribution is 0.425. The summed E-state index contributed by atoms with van der Waals surface area (Å²) < 4.78 is 7.20. The summed E-state index contributed by atoms with van der Waals surface area (Å²) in [6.07, 6.45) is 7.27. The summed E-state index contributed by atoms with van der Waals surface area (Å²) in [6.45, 7) is 3.32. The van der Waals surface area contributed by atoms with Crippen LogP contribution in [0.2, 0.25) is 0 Å². The Morgan fingerprint density at radius 2 is 2.11 bits per heavy atom. The Balaban J connectivity index is 1.75. The van der Waals surface area contributed by atoms with Crippen molar-refractivity contribution in [3.63, 3.8) is 0 Å². The van der Waals surface area contributed by atoms with Gasteiger partial charge in [0.05, 0.1) is 6.33 Å². The second kappa shape index (κ2) is 5.40. The van der Waals surface area contributed by atoms with Crippen LogP contribution in [0.25, 0.3) is 11.6 Å². The van der Waals surface area contributed by atoms with Crippen molar-refractivity contribution in [1.82, 2.24) is 19.7 Å². The number of rotatable bonds is 4. The normalized spacial score (nSPS) is 15.9. The van der Waals surface area contributed by atoms with Crippen LogP contribution in [-0.2, 0) is 6.54 Å². The lowest BCUT2D eigenvalue weighted by Crippen LogP contribution is -2.30. The van der Waals surface area contributed by atoms with Gasteiger partial charge in [0.1, 0.15) is 5.69 Å². The second-order valence-corrected chi connectivity index (χ2v) is 4.73. The molecule has 0 saturated carbocycles. The predicted octanol–water partition coefficient (Wildman–Crippen LogP) is 0.882. The van der Waals surface area contributed by atoms with Crippen molar-refractivity contribution >= 4 is 5.95 Å². The summed E-state index contributed by atoms with van der Waals surface area (Å²) in [6, 6.07) is 0.